The first kappa shape index (κ1) is 11.8. The van der Waals surface area contributed by atoms with E-state index in [2.05, 4.69) is 0 Å². The van der Waals surface area contributed by atoms with Crippen molar-refractivity contribution in [2.75, 3.05) is 7.11 Å². The summed E-state index contributed by atoms with van der Waals surface area (Å²) in [6, 6.07) is 9.30. The standard InChI is InChI=1S/C13H9ClN2O3/c1-19-9-3-5-11-13(7-9)16(18)12-6-8(14)2-4-10(12)15(11)17/h2-7H,1H3. The van der Waals surface area contributed by atoms with Gasteiger partial charge in [0.1, 0.15) is 16.8 Å². The first-order valence-electron chi connectivity index (χ1n) is 5.54. The Balaban J connectivity index is 2.57. The van der Waals surface area contributed by atoms with Crippen molar-refractivity contribution >= 4 is 33.7 Å². The molecule has 0 radical (unpaired) electrons. The van der Waals surface area contributed by atoms with Gasteiger partial charge in [-0.3, -0.25) is 0 Å². The number of benzene rings is 2. The number of methoxy groups -OCH3 is 1. The first-order chi connectivity index (χ1) is 9.11. The van der Waals surface area contributed by atoms with Crippen LogP contribution in [0.15, 0.2) is 36.4 Å². The molecule has 0 saturated carbocycles. The Labute approximate surface area is 112 Å². The molecule has 0 fully saturated rings. The average molecular weight is 277 g/mol. The molecule has 6 heteroatoms. The minimum absolute atomic E-state index is 0.225. The Bertz CT molecular complexity index is 858. The Hall–Kier alpha value is -2.27. The van der Waals surface area contributed by atoms with E-state index in [0.717, 1.165) is 4.43 Å². The second kappa shape index (κ2) is 4.13. The highest BCUT2D eigenvalue weighted by atomic mass is 35.5. The van der Waals surface area contributed by atoms with Crippen LogP contribution in [0.25, 0.3) is 22.1 Å². The highest BCUT2D eigenvalue weighted by Crippen LogP contribution is 2.23. The van der Waals surface area contributed by atoms with Crippen molar-refractivity contribution in [3.8, 4) is 5.75 Å². The zero-order valence-electron chi connectivity index (χ0n) is 9.96. The predicted molar refractivity (Wildman–Crippen MR) is 73.1 cm³/mol. The molecule has 0 aliphatic carbocycles. The summed E-state index contributed by atoms with van der Waals surface area (Å²) in [5, 5.41) is 12.7. The van der Waals surface area contributed by atoms with Crippen LogP contribution in [0.3, 0.4) is 0 Å². The maximum atomic E-state index is 12.3. The lowest BCUT2D eigenvalue weighted by Gasteiger charge is -2.14. The van der Waals surface area contributed by atoms with Gasteiger partial charge >= 0.3 is 0 Å². The molecule has 0 spiro atoms. The number of hydrogen-bond acceptors (Lipinski definition) is 3. The lowest BCUT2D eigenvalue weighted by Crippen LogP contribution is -2.19. The molecule has 2 aromatic carbocycles. The minimum Gasteiger partial charge on any atom is -0.805 e. The van der Waals surface area contributed by atoms with E-state index in [4.69, 9.17) is 16.3 Å². The van der Waals surface area contributed by atoms with Gasteiger partial charge in [0.05, 0.1) is 11.5 Å². The highest BCUT2D eigenvalue weighted by Gasteiger charge is 2.16. The molecule has 0 atom stereocenters. The monoisotopic (exact) mass is 276 g/mol. The minimum atomic E-state index is 0.225. The number of hydrogen-bond donors (Lipinski definition) is 0. The van der Waals surface area contributed by atoms with E-state index in [1.807, 2.05) is 0 Å². The number of nitrogens with zero attached hydrogens (tertiary/aromatic N) is 2. The highest BCUT2D eigenvalue weighted by molar-refractivity contribution is 6.31. The third kappa shape index (κ3) is 1.70. The maximum Gasteiger partial charge on any atom is 0.287 e. The van der Waals surface area contributed by atoms with Crippen LogP contribution in [0.2, 0.25) is 5.02 Å². The number of fused-ring (bicyclic) bond motifs is 2. The van der Waals surface area contributed by atoms with Crippen LogP contribution in [0.4, 0.5) is 0 Å². The number of ether oxygens (including phenoxy) is 1. The van der Waals surface area contributed by atoms with Gasteiger partial charge in [-0.15, -0.1) is 0 Å². The number of halogens is 1. The molecule has 0 unspecified atom stereocenters. The van der Waals surface area contributed by atoms with Crippen molar-refractivity contribution in [3.63, 3.8) is 0 Å². The van der Waals surface area contributed by atoms with Crippen LogP contribution in [-0.4, -0.2) is 11.8 Å². The van der Waals surface area contributed by atoms with E-state index >= 15 is 0 Å². The van der Waals surface area contributed by atoms with E-state index in [1.54, 1.807) is 18.2 Å². The van der Waals surface area contributed by atoms with Gasteiger partial charge < -0.3 is 14.7 Å². The second-order valence-electron chi connectivity index (χ2n) is 4.08. The molecule has 0 aliphatic heterocycles. The van der Waals surface area contributed by atoms with Gasteiger partial charge in [-0.25, -0.2) is 0 Å². The van der Waals surface area contributed by atoms with E-state index in [9.17, 15) is 10.1 Å². The fourth-order valence-electron chi connectivity index (χ4n) is 2.06. The van der Waals surface area contributed by atoms with Gasteiger partial charge in [-0.05, 0) is 18.2 Å². The molecular formula is C13H9ClN2O3. The fraction of sp³-hybridized carbons (Fsp3) is 0.0769. The third-order valence-electron chi connectivity index (χ3n) is 3.00. The van der Waals surface area contributed by atoms with Gasteiger partial charge in [-0.2, -0.15) is 0 Å². The molecule has 0 N–H and O–H groups in total. The Morgan fingerprint density at radius 2 is 1.79 bits per heavy atom. The smallest absolute Gasteiger partial charge is 0.287 e. The zero-order valence-corrected chi connectivity index (χ0v) is 10.7. The number of rotatable bonds is 1. The van der Waals surface area contributed by atoms with Gasteiger partial charge in [0.25, 0.3) is 11.0 Å². The molecule has 1 aromatic heterocycles. The SMILES string of the molecule is COc1ccc2c(c1)n([O-])c1cc(Cl)ccc1[n+]2=O. The first-order valence-corrected chi connectivity index (χ1v) is 5.91. The largest absolute Gasteiger partial charge is 0.805 e. The van der Waals surface area contributed by atoms with E-state index in [0.29, 0.717) is 15.5 Å². The van der Waals surface area contributed by atoms with Crippen LogP contribution in [0.5, 0.6) is 5.75 Å². The van der Waals surface area contributed by atoms with Crippen LogP contribution in [0.1, 0.15) is 0 Å². The van der Waals surface area contributed by atoms with Gasteiger partial charge in [0.2, 0.25) is 0 Å². The van der Waals surface area contributed by atoms with Crippen molar-refractivity contribution in [1.29, 1.82) is 0 Å². The summed E-state index contributed by atoms with van der Waals surface area (Å²) in [5.74, 6) is 0.512. The molecule has 0 aliphatic rings. The molecule has 3 aromatic rings. The topological polar surface area (TPSA) is 60.2 Å². The molecular weight excluding hydrogens is 268 g/mol. The quantitative estimate of drug-likeness (QED) is 0.507. The molecule has 0 saturated heterocycles. The maximum absolute atomic E-state index is 12.3. The lowest BCUT2D eigenvalue weighted by atomic mass is 10.2. The van der Waals surface area contributed by atoms with E-state index in [-0.39, 0.29) is 22.1 Å². The zero-order chi connectivity index (χ0) is 13.6. The Morgan fingerprint density at radius 1 is 1.16 bits per heavy atom. The van der Waals surface area contributed by atoms with Crippen molar-refractivity contribution in [2.45, 2.75) is 0 Å². The second-order valence-corrected chi connectivity index (χ2v) is 4.51. The van der Waals surface area contributed by atoms with Crippen LogP contribution >= 0.6 is 11.6 Å². The normalized spacial score (nSPS) is 11.1. The van der Waals surface area contributed by atoms with Gasteiger partial charge in [-0.1, -0.05) is 11.6 Å². The van der Waals surface area contributed by atoms with Crippen molar-refractivity contribution in [3.05, 3.63) is 51.5 Å². The van der Waals surface area contributed by atoms with Crippen molar-refractivity contribution in [2.24, 2.45) is 0 Å². The summed E-state index contributed by atoms with van der Waals surface area (Å²) in [6.45, 7) is 0. The molecule has 0 bridgehead atoms. The fourth-order valence-corrected chi connectivity index (χ4v) is 2.22. The molecule has 3 rings (SSSR count). The lowest BCUT2D eigenvalue weighted by molar-refractivity contribution is -0.432. The summed E-state index contributed by atoms with van der Waals surface area (Å²) in [6.07, 6.45) is 0. The molecule has 96 valence electrons. The van der Waals surface area contributed by atoms with Crippen molar-refractivity contribution in [1.82, 2.24) is 4.73 Å². The number of aromatic nitrogens is 2. The summed E-state index contributed by atoms with van der Waals surface area (Å²) in [7, 11) is 1.50. The summed E-state index contributed by atoms with van der Waals surface area (Å²) in [5.41, 5.74) is 1.02. The molecule has 5 nitrogen and oxygen atoms in total. The van der Waals surface area contributed by atoms with Gasteiger partial charge in [0, 0.05) is 28.1 Å². The Morgan fingerprint density at radius 3 is 2.47 bits per heavy atom. The average Bonchev–Trinajstić information content (AvgIpc) is 2.44. The summed E-state index contributed by atoms with van der Waals surface area (Å²) < 4.78 is 6.47. The van der Waals surface area contributed by atoms with Crippen LogP contribution < -0.4 is 9.16 Å². The summed E-state index contributed by atoms with van der Waals surface area (Å²) >= 11 is 5.86. The molecule has 0 amide bonds. The van der Waals surface area contributed by atoms with Gasteiger partial charge in [0.15, 0.2) is 0 Å². The van der Waals surface area contributed by atoms with E-state index < -0.39 is 0 Å². The van der Waals surface area contributed by atoms with E-state index in [1.165, 1.54) is 25.3 Å². The predicted octanol–water partition coefficient (Wildman–Crippen LogP) is 2.72. The third-order valence-corrected chi connectivity index (χ3v) is 3.23. The van der Waals surface area contributed by atoms with Crippen LogP contribution in [0, 0.1) is 10.1 Å². The Kier molecular flexibility index (Phi) is 2.57. The summed E-state index contributed by atoms with van der Waals surface area (Å²) in [4.78, 5) is 12.2. The van der Waals surface area contributed by atoms with Crippen LogP contribution in [-0.2, 0) is 0 Å². The molecule has 19 heavy (non-hydrogen) atoms. The molecule has 1 heterocycles. The van der Waals surface area contributed by atoms with Crippen molar-refractivity contribution < 1.29 is 9.16 Å².